The fourth-order valence-electron chi connectivity index (χ4n) is 5.41. The average Bonchev–Trinajstić information content (AvgIpc) is 3.15. The van der Waals surface area contributed by atoms with Gasteiger partial charge in [-0.3, -0.25) is 0 Å². The van der Waals surface area contributed by atoms with Crippen LogP contribution in [0.2, 0.25) is 0 Å². The summed E-state index contributed by atoms with van der Waals surface area (Å²) in [6.07, 6.45) is 16.8. The van der Waals surface area contributed by atoms with Gasteiger partial charge in [0, 0.05) is 0 Å². The monoisotopic (exact) mass is 456 g/mol. The quantitative estimate of drug-likeness (QED) is 0.364. The van der Waals surface area contributed by atoms with Gasteiger partial charge in [0.1, 0.15) is 5.82 Å². The summed E-state index contributed by atoms with van der Waals surface area (Å²) in [5, 5.41) is 0. The molecular formula is C33H41F. The van der Waals surface area contributed by atoms with Crippen molar-refractivity contribution in [2.24, 2.45) is 11.3 Å². The van der Waals surface area contributed by atoms with Gasteiger partial charge in [-0.25, -0.2) is 4.39 Å². The molecule has 0 amide bonds. The number of benzene rings is 2. The standard InChI is InChI=1S/C29H33F.C4H8/c1-21(2)18-25-7-5-4-6-24(25)10-11-26-12-13-27-20-23(16-17-29(26,27)3)19-22-8-14-28(30)15-9-22;1-3-4-2/h4-9,14-16,20,26H,1,10-13,17-19H2,2-3H3;3-4H,1-2H3/b;4-3-. The second-order valence-electron chi connectivity index (χ2n) is 10.2. The van der Waals surface area contributed by atoms with Crippen molar-refractivity contribution in [1.82, 2.24) is 0 Å². The van der Waals surface area contributed by atoms with Gasteiger partial charge < -0.3 is 0 Å². The Morgan fingerprint density at radius 3 is 2.38 bits per heavy atom. The van der Waals surface area contributed by atoms with Crippen LogP contribution in [0.15, 0.2) is 96.1 Å². The molecule has 0 nitrogen and oxygen atoms in total. The molecule has 2 aliphatic rings. The normalized spacial score (nSPS) is 21.4. The molecular weight excluding hydrogens is 415 g/mol. The van der Waals surface area contributed by atoms with E-state index < -0.39 is 0 Å². The molecule has 4 rings (SSSR count). The minimum absolute atomic E-state index is 0.161. The highest BCUT2D eigenvalue weighted by Crippen LogP contribution is 2.54. The third kappa shape index (κ3) is 6.69. The number of hydrogen-bond acceptors (Lipinski definition) is 0. The predicted octanol–water partition coefficient (Wildman–Crippen LogP) is 9.37. The molecule has 2 aliphatic carbocycles. The maximum atomic E-state index is 13.2. The molecule has 0 radical (unpaired) electrons. The Morgan fingerprint density at radius 1 is 1.06 bits per heavy atom. The van der Waals surface area contributed by atoms with Crippen LogP contribution in [0.25, 0.3) is 0 Å². The van der Waals surface area contributed by atoms with Gasteiger partial charge in [-0.15, -0.1) is 0 Å². The summed E-state index contributed by atoms with van der Waals surface area (Å²) in [5.41, 5.74) is 8.66. The van der Waals surface area contributed by atoms with Crippen molar-refractivity contribution >= 4 is 0 Å². The van der Waals surface area contributed by atoms with Crippen molar-refractivity contribution in [1.29, 1.82) is 0 Å². The first kappa shape index (κ1) is 25.9. The lowest BCUT2D eigenvalue weighted by Crippen LogP contribution is -2.25. The molecule has 0 heterocycles. The third-order valence-electron chi connectivity index (χ3n) is 7.57. The summed E-state index contributed by atoms with van der Waals surface area (Å²) < 4.78 is 13.2. The summed E-state index contributed by atoms with van der Waals surface area (Å²) in [4.78, 5) is 0. The Hall–Kier alpha value is -2.67. The summed E-state index contributed by atoms with van der Waals surface area (Å²) in [5.74, 6) is 0.580. The van der Waals surface area contributed by atoms with E-state index >= 15 is 0 Å². The van der Waals surface area contributed by atoms with E-state index in [0.29, 0.717) is 5.41 Å². The van der Waals surface area contributed by atoms with Gasteiger partial charge in [0.25, 0.3) is 0 Å². The van der Waals surface area contributed by atoms with Gasteiger partial charge in [0.15, 0.2) is 0 Å². The molecule has 0 N–H and O–H groups in total. The molecule has 2 unspecified atom stereocenters. The summed E-state index contributed by atoms with van der Waals surface area (Å²) in [6, 6.07) is 15.8. The maximum absolute atomic E-state index is 13.2. The van der Waals surface area contributed by atoms with Gasteiger partial charge in [-0.2, -0.15) is 0 Å². The van der Waals surface area contributed by atoms with Crippen LogP contribution < -0.4 is 0 Å². The molecule has 1 heteroatoms. The first-order valence-electron chi connectivity index (χ1n) is 12.8. The SMILES string of the molecule is C/C=C\C.C=C(C)Cc1ccccc1CCC1CCC2=CC(Cc3ccc(F)cc3)=CCC21C. The van der Waals surface area contributed by atoms with Crippen LogP contribution in [0.3, 0.4) is 0 Å². The van der Waals surface area contributed by atoms with Crippen molar-refractivity contribution in [2.75, 3.05) is 0 Å². The fraction of sp³-hybridized carbons (Fsp3) is 0.394. The molecule has 2 aromatic rings. The lowest BCUT2D eigenvalue weighted by molar-refractivity contribution is 0.259. The highest BCUT2D eigenvalue weighted by Gasteiger charge is 2.42. The molecule has 1 saturated carbocycles. The highest BCUT2D eigenvalue weighted by atomic mass is 19.1. The van der Waals surface area contributed by atoms with E-state index in [1.54, 1.807) is 17.7 Å². The van der Waals surface area contributed by atoms with Gasteiger partial charge in [0.05, 0.1) is 0 Å². The zero-order chi connectivity index (χ0) is 24.6. The zero-order valence-corrected chi connectivity index (χ0v) is 21.5. The molecule has 2 aromatic carbocycles. The number of hydrogen-bond donors (Lipinski definition) is 0. The first-order valence-corrected chi connectivity index (χ1v) is 12.8. The molecule has 0 saturated heterocycles. The average molecular weight is 457 g/mol. The molecule has 0 aliphatic heterocycles. The lowest BCUT2D eigenvalue weighted by atomic mass is 9.69. The second-order valence-corrected chi connectivity index (χ2v) is 10.2. The van der Waals surface area contributed by atoms with Gasteiger partial charge in [0.2, 0.25) is 0 Å². The maximum Gasteiger partial charge on any atom is 0.123 e. The lowest BCUT2D eigenvalue weighted by Gasteiger charge is -2.35. The molecule has 34 heavy (non-hydrogen) atoms. The molecule has 0 aromatic heterocycles. The Bertz CT molecular complexity index is 1050. The second kappa shape index (κ2) is 12.2. The van der Waals surface area contributed by atoms with Gasteiger partial charge in [-0.05, 0) is 111 Å². The fourth-order valence-corrected chi connectivity index (χ4v) is 5.41. The molecule has 0 bridgehead atoms. The third-order valence-corrected chi connectivity index (χ3v) is 7.57. The number of allylic oxidation sites excluding steroid dienone is 7. The van der Waals surface area contributed by atoms with E-state index in [-0.39, 0.29) is 5.82 Å². The van der Waals surface area contributed by atoms with Crippen LogP contribution in [0, 0.1) is 17.2 Å². The predicted molar refractivity (Wildman–Crippen MR) is 145 cm³/mol. The Morgan fingerprint density at radius 2 is 1.74 bits per heavy atom. The van der Waals surface area contributed by atoms with E-state index in [9.17, 15) is 4.39 Å². The summed E-state index contributed by atoms with van der Waals surface area (Å²) in [7, 11) is 0. The van der Waals surface area contributed by atoms with Crippen molar-refractivity contribution in [3.63, 3.8) is 0 Å². The van der Waals surface area contributed by atoms with Crippen LogP contribution in [0.5, 0.6) is 0 Å². The Labute approximate surface area is 207 Å². The van der Waals surface area contributed by atoms with Crippen LogP contribution in [0.1, 0.15) is 70.1 Å². The van der Waals surface area contributed by atoms with Gasteiger partial charge >= 0.3 is 0 Å². The summed E-state index contributed by atoms with van der Waals surface area (Å²) in [6.45, 7) is 12.7. The molecule has 2 atom stereocenters. The Kier molecular flexibility index (Phi) is 9.28. The van der Waals surface area contributed by atoms with Crippen LogP contribution in [0.4, 0.5) is 4.39 Å². The Balaban J connectivity index is 0.000000751. The number of rotatable bonds is 7. The number of aryl methyl sites for hydroxylation is 1. The largest absolute Gasteiger partial charge is 0.207 e. The number of fused-ring (bicyclic) bond motifs is 1. The van der Waals surface area contributed by atoms with Crippen molar-refractivity contribution in [3.8, 4) is 0 Å². The van der Waals surface area contributed by atoms with Crippen molar-refractivity contribution in [3.05, 3.63) is 119 Å². The van der Waals surface area contributed by atoms with E-state index in [1.807, 2.05) is 38.1 Å². The highest BCUT2D eigenvalue weighted by molar-refractivity contribution is 5.39. The van der Waals surface area contributed by atoms with E-state index in [0.717, 1.165) is 31.6 Å². The molecule has 1 fully saturated rings. The van der Waals surface area contributed by atoms with Crippen molar-refractivity contribution < 1.29 is 4.39 Å². The van der Waals surface area contributed by atoms with Crippen LogP contribution >= 0.6 is 0 Å². The summed E-state index contributed by atoms with van der Waals surface area (Å²) >= 11 is 0. The van der Waals surface area contributed by atoms with Crippen molar-refractivity contribution in [2.45, 2.75) is 72.6 Å². The van der Waals surface area contributed by atoms with E-state index in [1.165, 1.54) is 47.1 Å². The minimum atomic E-state index is -0.161. The van der Waals surface area contributed by atoms with Crippen LogP contribution in [-0.4, -0.2) is 0 Å². The topological polar surface area (TPSA) is 0 Å². The molecule has 0 spiro atoms. The molecule has 180 valence electrons. The van der Waals surface area contributed by atoms with Gasteiger partial charge in [-0.1, -0.05) is 85.4 Å². The first-order chi connectivity index (χ1) is 16.4. The smallest absolute Gasteiger partial charge is 0.123 e. The van der Waals surface area contributed by atoms with E-state index in [2.05, 4.69) is 56.8 Å². The van der Waals surface area contributed by atoms with Crippen LogP contribution in [-0.2, 0) is 19.3 Å². The zero-order valence-electron chi connectivity index (χ0n) is 21.5. The minimum Gasteiger partial charge on any atom is -0.207 e. The number of halogens is 1. The van der Waals surface area contributed by atoms with E-state index in [4.69, 9.17) is 0 Å².